The molecule has 10 heteroatoms. The van der Waals surface area contributed by atoms with E-state index in [0.29, 0.717) is 6.42 Å². The second-order valence-corrected chi connectivity index (χ2v) is 7.59. The van der Waals surface area contributed by atoms with E-state index in [0.717, 1.165) is 11.8 Å². The molecule has 0 aliphatic carbocycles. The molecule has 9 nitrogen and oxygen atoms in total. The summed E-state index contributed by atoms with van der Waals surface area (Å²) in [5.74, 6) is 0. The SMILES string of the molecule is COC1OC2CC(c3ccccc3)O[C@@H]2[C@H](OS(C)(=O)=O)C1N=[N+]=N. The Morgan fingerprint density at radius 3 is 2.60 bits per heavy atom. The van der Waals surface area contributed by atoms with Crippen LogP contribution in [0, 0.1) is 5.53 Å². The predicted molar refractivity (Wildman–Crippen MR) is 85.1 cm³/mol. The second kappa shape index (κ2) is 7.28. The van der Waals surface area contributed by atoms with Crippen molar-refractivity contribution in [3.63, 3.8) is 0 Å². The van der Waals surface area contributed by atoms with Crippen molar-refractivity contribution in [2.75, 3.05) is 13.4 Å². The van der Waals surface area contributed by atoms with Gasteiger partial charge in [0, 0.05) is 13.5 Å². The van der Waals surface area contributed by atoms with Crippen molar-refractivity contribution < 1.29 is 26.8 Å². The van der Waals surface area contributed by atoms with Crippen LogP contribution in [0.1, 0.15) is 18.1 Å². The zero-order valence-corrected chi connectivity index (χ0v) is 14.6. The van der Waals surface area contributed by atoms with E-state index < -0.39 is 40.8 Å². The van der Waals surface area contributed by atoms with Gasteiger partial charge in [0.1, 0.15) is 22.9 Å². The number of nitrogens with one attached hydrogen (secondary N) is 1. The Hall–Kier alpha value is -1.68. The van der Waals surface area contributed by atoms with Crippen LogP contribution in [0.4, 0.5) is 0 Å². The van der Waals surface area contributed by atoms with Gasteiger partial charge in [-0.1, -0.05) is 30.3 Å². The molecular formula is C15H20N3O6S+. The molecule has 0 amide bonds. The van der Waals surface area contributed by atoms with Gasteiger partial charge < -0.3 is 14.2 Å². The molecule has 136 valence electrons. The maximum atomic E-state index is 11.7. The number of ether oxygens (including phenoxy) is 3. The van der Waals surface area contributed by atoms with Crippen LogP contribution in [0.2, 0.25) is 0 Å². The van der Waals surface area contributed by atoms with E-state index in [1.807, 2.05) is 30.3 Å². The topological polar surface area (TPSA) is 121 Å². The van der Waals surface area contributed by atoms with Crippen molar-refractivity contribution in [3.05, 3.63) is 35.9 Å². The highest BCUT2D eigenvalue weighted by Crippen LogP contribution is 2.42. The third kappa shape index (κ3) is 3.95. The normalized spacial score (nSPS) is 35.0. The van der Waals surface area contributed by atoms with Crippen molar-refractivity contribution in [2.24, 2.45) is 5.11 Å². The lowest BCUT2D eigenvalue weighted by Gasteiger charge is -2.37. The Bertz CT molecular complexity index is 752. The maximum Gasteiger partial charge on any atom is 0.264 e. The maximum absolute atomic E-state index is 11.7. The fourth-order valence-corrected chi connectivity index (χ4v) is 3.91. The molecule has 1 aromatic rings. The van der Waals surface area contributed by atoms with Gasteiger partial charge in [-0.05, 0) is 5.56 Å². The number of methoxy groups -OCH3 is 1. The fourth-order valence-electron chi connectivity index (χ4n) is 3.28. The average Bonchev–Trinajstić information content (AvgIpc) is 3.00. The zero-order valence-electron chi connectivity index (χ0n) is 13.8. The van der Waals surface area contributed by atoms with E-state index in [-0.39, 0.29) is 6.10 Å². The number of hydrogen-bond donors (Lipinski definition) is 1. The fraction of sp³-hybridized carbons (Fsp3) is 0.600. The first-order chi connectivity index (χ1) is 11.9. The van der Waals surface area contributed by atoms with Gasteiger partial charge in [-0.25, -0.2) is 0 Å². The monoisotopic (exact) mass is 370 g/mol. The minimum absolute atomic E-state index is 0.258. The molecule has 2 aliphatic rings. The van der Waals surface area contributed by atoms with E-state index in [9.17, 15) is 8.42 Å². The van der Waals surface area contributed by atoms with Crippen molar-refractivity contribution in [2.45, 2.75) is 43.2 Å². The highest BCUT2D eigenvalue weighted by atomic mass is 32.2. The lowest BCUT2D eigenvalue weighted by Crippen LogP contribution is -2.57. The molecule has 6 atom stereocenters. The quantitative estimate of drug-likeness (QED) is 0.471. The summed E-state index contributed by atoms with van der Waals surface area (Å²) in [6.45, 7) is 0. The summed E-state index contributed by atoms with van der Waals surface area (Å²) in [5.41, 5.74) is 7.95. The summed E-state index contributed by atoms with van der Waals surface area (Å²) in [6, 6.07) is 8.66. The van der Waals surface area contributed by atoms with Crippen LogP contribution in [0.25, 0.3) is 0 Å². The van der Waals surface area contributed by atoms with Crippen molar-refractivity contribution in [1.29, 1.82) is 5.53 Å². The summed E-state index contributed by atoms with van der Waals surface area (Å²) in [7, 11) is -2.37. The molecule has 3 rings (SSSR count). The van der Waals surface area contributed by atoms with Gasteiger partial charge in [0.15, 0.2) is 6.29 Å². The Labute approximate surface area is 145 Å². The van der Waals surface area contributed by atoms with Gasteiger partial charge in [0.05, 0.1) is 18.5 Å². The van der Waals surface area contributed by atoms with Crippen LogP contribution in [0.5, 0.6) is 0 Å². The van der Waals surface area contributed by atoms with Gasteiger partial charge >= 0.3 is 0 Å². The summed E-state index contributed by atoms with van der Waals surface area (Å²) in [6.07, 6.45) is -1.71. The second-order valence-electron chi connectivity index (χ2n) is 5.99. The van der Waals surface area contributed by atoms with Gasteiger partial charge in [0.2, 0.25) is 11.0 Å². The summed E-state index contributed by atoms with van der Waals surface area (Å²) in [5, 5.41) is 3.73. The van der Waals surface area contributed by atoms with E-state index in [4.69, 9.17) is 23.9 Å². The Kier molecular flexibility index (Phi) is 5.28. The molecule has 0 spiro atoms. The van der Waals surface area contributed by atoms with E-state index in [2.05, 4.69) is 10.0 Å². The number of rotatable bonds is 5. The molecule has 2 aliphatic heterocycles. The summed E-state index contributed by atoms with van der Waals surface area (Å²) in [4.78, 5) is 3.01. The third-order valence-electron chi connectivity index (χ3n) is 4.26. The number of fused-ring (bicyclic) bond motifs is 1. The molecule has 4 unspecified atom stereocenters. The zero-order chi connectivity index (χ0) is 18.0. The van der Waals surface area contributed by atoms with Crippen LogP contribution in [0.3, 0.4) is 0 Å². The van der Waals surface area contributed by atoms with Crippen LogP contribution in [-0.2, 0) is 28.5 Å². The van der Waals surface area contributed by atoms with Gasteiger partial charge in [0.25, 0.3) is 10.1 Å². The minimum Gasteiger partial charge on any atom is -0.365 e. The summed E-state index contributed by atoms with van der Waals surface area (Å²) >= 11 is 0. The predicted octanol–water partition coefficient (Wildman–Crippen LogP) is 1.15. The van der Waals surface area contributed by atoms with Crippen molar-refractivity contribution in [1.82, 2.24) is 4.91 Å². The molecular weight excluding hydrogens is 350 g/mol. The Morgan fingerprint density at radius 1 is 1.28 bits per heavy atom. The number of nitrogens with zero attached hydrogens (tertiary/aromatic N) is 2. The molecule has 2 heterocycles. The molecule has 1 aromatic carbocycles. The number of benzene rings is 1. The molecule has 0 bridgehead atoms. The molecule has 2 fully saturated rings. The molecule has 0 saturated carbocycles. The standard InChI is InChI=1S/C15H20N3O6S/c1-21-15-12(17-18-16)14(24-25(2,19)20)13-11(23-15)8-10(22-13)9-6-4-3-5-7-9/h3-7,10-16H,8H2,1-2H3/q+1/t10?,11?,12?,13-,14+,15?/m0/s1. The van der Waals surface area contributed by atoms with Crippen molar-refractivity contribution >= 4 is 10.1 Å². The number of hydrogen-bond acceptors (Lipinski definition) is 8. The summed E-state index contributed by atoms with van der Waals surface area (Å²) < 4.78 is 45.8. The average molecular weight is 370 g/mol. The molecule has 1 N–H and O–H groups in total. The first kappa shape index (κ1) is 18.1. The Balaban J connectivity index is 1.91. The van der Waals surface area contributed by atoms with Gasteiger partial charge in [-0.3, -0.25) is 4.18 Å². The van der Waals surface area contributed by atoms with E-state index in [1.165, 1.54) is 7.11 Å². The first-order valence-electron chi connectivity index (χ1n) is 7.76. The molecule has 0 radical (unpaired) electrons. The van der Waals surface area contributed by atoms with Crippen LogP contribution < -0.4 is 4.91 Å². The van der Waals surface area contributed by atoms with Crippen LogP contribution in [0.15, 0.2) is 35.4 Å². The third-order valence-corrected chi connectivity index (χ3v) is 4.83. The lowest BCUT2D eigenvalue weighted by atomic mass is 9.96. The largest absolute Gasteiger partial charge is 0.365 e. The molecule has 2 saturated heterocycles. The van der Waals surface area contributed by atoms with Crippen LogP contribution >= 0.6 is 0 Å². The van der Waals surface area contributed by atoms with E-state index in [1.54, 1.807) is 0 Å². The molecule has 25 heavy (non-hydrogen) atoms. The lowest BCUT2D eigenvalue weighted by molar-refractivity contribution is -0.235. The highest BCUT2D eigenvalue weighted by Gasteiger charge is 2.55. The molecule has 0 aromatic heterocycles. The minimum atomic E-state index is -3.78. The van der Waals surface area contributed by atoms with Crippen molar-refractivity contribution in [3.8, 4) is 0 Å². The van der Waals surface area contributed by atoms with Crippen LogP contribution in [-0.4, -0.2) is 52.4 Å². The highest BCUT2D eigenvalue weighted by molar-refractivity contribution is 7.86. The smallest absolute Gasteiger partial charge is 0.264 e. The Morgan fingerprint density at radius 2 is 2.00 bits per heavy atom. The van der Waals surface area contributed by atoms with E-state index >= 15 is 0 Å². The van der Waals surface area contributed by atoms with Gasteiger partial charge in [-0.2, -0.15) is 8.42 Å². The van der Waals surface area contributed by atoms with Gasteiger partial charge in [-0.15, -0.1) is 0 Å². The first-order valence-corrected chi connectivity index (χ1v) is 9.58.